The van der Waals surface area contributed by atoms with Gasteiger partial charge in [0.1, 0.15) is 18.0 Å². The first kappa shape index (κ1) is 31.8. The van der Waals surface area contributed by atoms with Crippen LogP contribution in [0.5, 0.6) is 0 Å². The molecule has 222 valence electrons. The number of para-hydroxylation sites is 1. The van der Waals surface area contributed by atoms with E-state index < -0.39 is 42.8 Å². The lowest BCUT2D eigenvalue weighted by Gasteiger charge is -2.20. The summed E-state index contributed by atoms with van der Waals surface area (Å²) in [6.45, 7) is 1.79. The van der Waals surface area contributed by atoms with Gasteiger partial charge in [0, 0.05) is 18.3 Å². The molecule has 0 unspecified atom stereocenters. The van der Waals surface area contributed by atoms with Crippen molar-refractivity contribution in [2.45, 2.75) is 121 Å². The second-order valence-corrected chi connectivity index (χ2v) is 10.7. The lowest BCUT2D eigenvalue weighted by Crippen LogP contribution is -2.39. The van der Waals surface area contributed by atoms with Crippen molar-refractivity contribution in [3.8, 4) is 0 Å². The lowest BCUT2D eigenvalue weighted by molar-refractivity contribution is -0.156. The summed E-state index contributed by atoms with van der Waals surface area (Å²) in [6, 6.07) is 10.9. The Morgan fingerprint density at radius 2 is 1.55 bits per heavy atom. The molecule has 40 heavy (non-hydrogen) atoms. The van der Waals surface area contributed by atoms with Crippen LogP contribution in [0.4, 0.5) is 11.5 Å². The summed E-state index contributed by atoms with van der Waals surface area (Å²) in [4.78, 5) is 29.2. The molecule has 1 aromatic heterocycles. The molecule has 1 fully saturated rings. The van der Waals surface area contributed by atoms with Gasteiger partial charge in [0.15, 0.2) is 12.3 Å². The highest BCUT2D eigenvalue weighted by Crippen LogP contribution is 2.31. The van der Waals surface area contributed by atoms with Crippen LogP contribution in [0.15, 0.2) is 47.4 Å². The topological polar surface area (TPSA) is 123 Å². The van der Waals surface area contributed by atoms with Gasteiger partial charge in [-0.15, -0.1) is 0 Å². The summed E-state index contributed by atoms with van der Waals surface area (Å²) >= 11 is 0. The molecule has 0 bridgehead atoms. The summed E-state index contributed by atoms with van der Waals surface area (Å²) < 4.78 is 12.4. The van der Waals surface area contributed by atoms with Gasteiger partial charge < -0.3 is 25.0 Å². The number of aliphatic hydroxyl groups excluding tert-OH is 2. The Hall–Kier alpha value is -2.75. The van der Waals surface area contributed by atoms with Gasteiger partial charge in [0.25, 0.3) is 0 Å². The maximum Gasteiger partial charge on any atom is 0.351 e. The van der Waals surface area contributed by atoms with E-state index in [0.717, 1.165) is 23.1 Å². The van der Waals surface area contributed by atoms with Crippen molar-refractivity contribution in [2.75, 3.05) is 11.9 Å². The van der Waals surface area contributed by atoms with Crippen molar-refractivity contribution in [1.29, 1.82) is 0 Å². The van der Waals surface area contributed by atoms with Crippen LogP contribution in [0.25, 0.3) is 0 Å². The predicted molar refractivity (Wildman–Crippen MR) is 155 cm³/mol. The minimum atomic E-state index is -1.32. The molecule has 0 amide bonds. The van der Waals surface area contributed by atoms with E-state index in [-0.39, 0.29) is 6.42 Å². The van der Waals surface area contributed by atoms with Gasteiger partial charge in [-0.2, -0.15) is 4.98 Å². The third kappa shape index (κ3) is 10.3. The molecule has 1 aliphatic heterocycles. The van der Waals surface area contributed by atoms with Crippen molar-refractivity contribution in [3.63, 3.8) is 0 Å². The fourth-order valence-electron chi connectivity index (χ4n) is 5.09. The van der Waals surface area contributed by atoms with Crippen molar-refractivity contribution < 1.29 is 24.5 Å². The Kier molecular flexibility index (Phi) is 14.2. The van der Waals surface area contributed by atoms with Crippen molar-refractivity contribution in [3.05, 3.63) is 53.1 Å². The van der Waals surface area contributed by atoms with Crippen LogP contribution in [-0.2, 0) is 14.3 Å². The molecule has 3 N–H and O–H groups in total. The fraction of sp³-hybridized carbons (Fsp3) is 0.645. The van der Waals surface area contributed by atoms with E-state index in [9.17, 15) is 19.8 Å². The van der Waals surface area contributed by atoms with E-state index in [1.165, 1.54) is 70.4 Å². The Balaban J connectivity index is 1.36. The molecule has 0 saturated carbocycles. The van der Waals surface area contributed by atoms with E-state index in [0.29, 0.717) is 12.2 Å². The van der Waals surface area contributed by atoms with Gasteiger partial charge in [-0.05, 0) is 24.6 Å². The number of rotatable bonds is 19. The van der Waals surface area contributed by atoms with Crippen LogP contribution < -0.4 is 11.0 Å². The van der Waals surface area contributed by atoms with Crippen molar-refractivity contribution in [2.24, 2.45) is 0 Å². The molecule has 2 heterocycles. The second-order valence-electron chi connectivity index (χ2n) is 10.7. The average Bonchev–Trinajstić information content (AvgIpc) is 3.26. The van der Waals surface area contributed by atoms with E-state index >= 15 is 0 Å². The maximum atomic E-state index is 12.7. The SMILES string of the molecule is CCCCCCCCCCCCCCCC(=O)O[C@H]1[C@H](O)[C@H](n2ccc(Nc3ccccc3)nc2=O)O[C@@H]1CO. The van der Waals surface area contributed by atoms with Gasteiger partial charge in [0.05, 0.1) is 6.61 Å². The Morgan fingerprint density at radius 1 is 0.950 bits per heavy atom. The van der Waals surface area contributed by atoms with Gasteiger partial charge in [-0.25, -0.2) is 4.79 Å². The molecule has 3 rings (SSSR count). The first-order chi connectivity index (χ1) is 19.5. The minimum Gasteiger partial charge on any atom is -0.457 e. The molecule has 9 nitrogen and oxygen atoms in total. The molecule has 9 heteroatoms. The Labute approximate surface area is 237 Å². The van der Waals surface area contributed by atoms with E-state index in [2.05, 4.69) is 17.2 Å². The molecule has 1 aromatic carbocycles. The fourth-order valence-corrected chi connectivity index (χ4v) is 5.09. The largest absolute Gasteiger partial charge is 0.457 e. The second kappa shape index (κ2) is 17.8. The highest BCUT2D eigenvalue weighted by atomic mass is 16.6. The third-order valence-corrected chi connectivity index (χ3v) is 7.39. The van der Waals surface area contributed by atoms with Crippen LogP contribution in [-0.4, -0.2) is 50.7 Å². The minimum absolute atomic E-state index is 0.241. The van der Waals surface area contributed by atoms with Crippen LogP contribution in [0, 0.1) is 0 Å². The number of benzene rings is 1. The molecule has 0 aliphatic carbocycles. The van der Waals surface area contributed by atoms with E-state index in [1.807, 2.05) is 30.3 Å². The number of aliphatic hydroxyl groups is 2. The number of aromatic nitrogens is 2. The van der Waals surface area contributed by atoms with Crippen molar-refractivity contribution >= 4 is 17.5 Å². The number of nitrogens with one attached hydrogen (secondary N) is 1. The van der Waals surface area contributed by atoms with Crippen LogP contribution in [0.2, 0.25) is 0 Å². The normalized spacial score (nSPS) is 20.5. The standard InChI is InChI=1S/C31H47N3O6/c1-2-3-4-5-6-7-8-9-10-11-12-13-17-20-27(36)40-29-25(23-35)39-30(28(29)37)34-22-21-26(33-31(34)38)32-24-18-15-14-16-19-24/h14-16,18-19,21-22,25,28-30,35,37H,2-13,17,20,23H2,1H3,(H,32,33,38)/t25-,28+,29-,30-/m1/s1. The van der Waals surface area contributed by atoms with E-state index in [1.54, 1.807) is 6.07 Å². The van der Waals surface area contributed by atoms with Crippen molar-refractivity contribution in [1.82, 2.24) is 9.55 Å². The molecule has 2 aromatic rings. The Bertz CT molecular complexity index is 1050. The highest BCUT2D eigenvalue weighted by molar-refractivity contribution is 5.69. The number of anilines is 2. The van der Waals surface area contributed by atoms with Crippen LogP contribution in [0.3, 0.4) is 0 Å². The van der Waals surface area contributed by atoms with Gasteiger partial charge >= 0.3 is 11.7 Å². The number of nitrogens with zero attached hydrogens (tertiary/aromatic N) is 2. The number of esters is 1. The van der Waals surface area contributed by atoms with E-state index in [4.69, 9.17) is 9.47 Å². The quantitative estimate of drug-likeness (QED) is 0.150. The van der Waals surface area contributed by atoms with Gasteiger partial charge in [0.2, 0.25) is 0 Å². The molecule has 4 atom stereocenters. The summed E-state index contributed by atoms with van der Waals surface area (Å²) in [5.74, 6) is -0.0952. The number of carbonyl (C=O) groups excluding carboxylic acids is 1. The van der Waals surface area contributed by atoms with Crippen LogP contribution in [0.1, 0.15) is 103 Å². The molecule has 0 spiro atoms. The van der Waals surface area contributed by atoms with Crippen LogP contribution >= 0.6 is 0 Å². The lowest BCUT2D eigenvalue weighted by atomic mass is 10.0. The zero-order valence-corrected chi connectivity index (χ0v) is 23.9. The summed E-state index contributed by atoms with van der Waals surface area (Å²) in [5, 5.41) is 23.7. The number of ether oxygens (including phenoxy) is 2. The highest BCUT2D eigenvalue weighted by Gasteiger charge is 2.47. The average molecular weight is 558 g/mol. The third-order valence-electron chi connectivity index (χ3n) is 7.39. The smallest absolute Gasteiger partial charge is 0.351 e. The zero-order chi connectivity index (χ0) is 28.6. The number of carbonyl (C=O) groups is 1. The van der Waals surface area contributed by atoms with Gasteiger partial charge in [-0.1, -0.05) is 102 Å². The number of unbranched alkanes of at least 4 members (excludes halogenated alkanes) is 12. The molecule has 1 saturated heterocycles. The Morgan fingerprint density at radius 3 is 2.12 bits per heavy atom. The summed E-state index contributed by atoms with van der Waals surface area (Å²) in [5.41, 5.74) is 0.140. The number of hydrogen-bond donors (Lipinski definition) is 3. The number of hydrogen-bond acceptors (Lipinski definition) is 8. The summed E-state index contributed by atoms with van der Waals surface area (Å²) in [7, 11) is 0. The molecular formula is C31H47N3O6. The first-order valence-electron chi connectivity index (χ1n) is 15.1. The predicted octanol–water partition coefficient (Wildman–Crippen LogP) is 5.63. The van der Waals surface area contributed by atoms with Gasteiger partial charge in [-0.3, -0.25) is 9.36 Å². The molecule has 1 aliphatic rings. The first-order valence-corrected chi connectivity index (χ1v) is 15.1. The maximum absolute atomic E-state index is 12.7. The molecule has 0 radical (unpaired) electrons. The molecular weight excluding hydrogens is 510 g/mol. The monoisotopic (exact) mass is 557 g/mol. The zero-order valence-electron chi connectivity index (χ0n) is 23.9. The summed E-state index contributed by atoms with van der Waals surface area (Å²) in [6.07, 6.45) is 13.1.